The number of rotatable bonds is 7. The molecule has 0 aliphatic heterocycles. The van der Waals surface area contributed by atoms with Crippen molar-refractivity contribution < 1.29 is 4.79 Å². The highest BCUT2D eigenvalue weighted by Gasteiger charge is 2.38. The first-order chi connectivity index (χ1) is 10.2. The Morgan fingerprint density at radius 3 is 2.14 bits per heavy atom. The fourth-order valence-corrected chi connectivity index (χ4v) is 3.93. The SMILES string of the molecule is CCN(C(=O)CN(CC)C1(CN)CCCCCC1)C1CC1. The van der Waals surface area contributed by atoms with E-state index in [9.17, 15) is 4.79 Å². The van der Waals surface area contributed by atoms with E-state index in [1.807, 2.05) is 0 Å². The quantitative estimate of drug-likeness (QED) is 0.734. The van der Waals surface area contributed by atoms with Gasteiger partial charge in [-0.05, 0) is 39.2 Å². The van der Waals surface area contributed by atoms with Gasteiger partial charge in [0.15, 0.2) is 0 Å². The summed E-state index contributed by atoms with van der Waals surface area (Å²) >= 11 is 0. The molecule has 0 bridgehead atoms. The molecule has 2 aliphatic rings. The molecule has 0 aromatic rings. The third kappa shape index (κ3) is 3.98. The number of amides is 1. The zero-order valence-electron chi connectivity index (χ0n) is 13.9. The maximum absolute atomic E-state index is 12.7. The van der Waals surface area contributed by atoms with Gasteiger partial charge in [0.1, 0.15) is 0 Å². The Morgan fingerprint density at radius 1 is 1.10 bits per heavy atom. The third-order valence-electron chi connectivity index (χ3n) is 5.44. The van der Waals surface area contributed by atoms with Crippen LogP contribution in [-0.4, -0.2) is 53.5 Å². The number of hydrogen-bond acceptors (Lipinski definition) is 3. The van der Waals surface area contributed by atoms with Crippen LogP contribution in [0.2, 0.25) is 0 Å². The molecule has 0 radical (unpaired) electrons. The molecule has 0 unspecified atom stereocenters. The van der Waals surface area contributed by atoms with Gasteiger partial charge in [-0.1, -0.05) is 32.6 Å². The highest BCUT2D eigenvalue weighted by Crippen LogP contribution is 2.32. The highest BCUT2D eigenvalue weighted by atomic mass is 16.2. The van der Waals surface area contributed by atoms with Gasteiger partial charge in [-0.25, -0.2) is 0 Å². The first-order valence-electron chi connectivity index (χ1n) is 8.91. The molecule has 2 fully saturated rings. The van der Waals surface area contributed by atoms with Gasteiger partial charge >= 0.3 is 0 Å². The largest absolute Gasteiger partial charge is 0.339 e. The fraction of sp³-hybridized carbons (Fsp3) is 0.941. The van der Waals surface area contributed by atoms with E-state index in [0.717, 1.165) is 25.9 Å². The second-order valence-electron chi connectivity index (χ2n) is 6.77. The van der Waals surface area contributed by atoms with Gasteiger partial charge in [0, 0.05) is 24.7 Å². The van der Waals surface area contributed by atoms with Gasteiger partial charge < -0.3 is 10.6 Å². The molecule has 0 saturated heterocycles. The van der Waals surface area contributed by atoms with E-state index in [1.54, 1.807) is 0 Å². The number of carbonyl (C=O) groups is 1. The highest BCUT2D eigenvalue weighted by molar-refractivity contribution is 5.79. The number of hydrogen-bond donors (Lipinski definition) is 1. The molecule has 1 amide bonds. The average Bonchev–Trinajstić information content (AvgIpc) is 3.32. The molecule has 2 saturated carbocycles. The van der Waals surface area contributed by atoms with Crippen LogP contribution in [0.3, 0.4) is 0 Å². The lowest BCUT2D eigenvalue weighted by Gasteiger charge is -2.43. The molecule has 0 aromatic carbocycles. The smallest absolute Gasteiger partial charge is 0.237 e. The van der Waals surface area contributed by atoms with Crippen molar-refractivity contribution in [2.24, 2.45) is 5.73 Å². The second-order valence-corrected chi connectivity index (χ2v) is 6.77. The molecule has 4 heteroatoms. The van der Waals surface area contributed by atoms with Gasteiger partial charge in [-0.3, -0.25) is 9.69 Å². The van der Waals surface area contributed by atoms with Crippen molar-refractivity contribution in [3.05, 3.63) is 0 Å². The van der Waals surface area contributed by atoms with Crippen LogP contribution >= 0.6 is 0 Å². The molecule has 2 aliphatic carbocycles. The molecule has 0 heterocycles. The number of carbonyl (C=O) groups excluding carboxylic acids is 1. The van der Waals surface area contributed by atoms with E-state index in [1.165, 1.54) is 38.5 Å². The van der Waals surface area contributed by atoms with Crippen LogP contribution in [0.1, 0.15) is 65.2 Å². The average molecular weight is 295 g/mol. The van der Waals surface area contributed by atoms with E-state index in [0.29, 0.717) is 25.0 Å². The summed E-state index contributed by atoms with van der Waals surface area (Å²) in [6.07, 6.45) is 9.82. The predicted molar refractivity (Wildman–Crippen MR) is 87.1 cm³/mol. The number of likely N-dealkylation sites (N-methyl/N-ethyl adjacent to an activating group) is 2. The summed E-state index contributed by atoms with van der Waals surface area (Å²) in [6.45, 7) is 7.27. The monoisotopic (exact) mass is 295 g/mol. The first-order valence-corrected chi connectivity index (χ1v) is 8.91. The van der Waals surface area contributed by atoms with E-state index in [-0.39, 0.29) is 5.54 Å². The molecule has 4 nitrogen and oxygen atoms in total. The summed E-state index contributed by atoms with van der Waals surface area (Å²) in [4.78, 5) is 17.1. The van der Waals surface area contributed by atoms with Crippen LogP contribution in [0.25, 0.3) is 0 Å². The zero-order chi connectivity index (χ0) is 15.3. The summed E-state index contributed by atoms with van der Waals surface area (Å²) in [5.74, 6) is 0.305. The van der Waals surface area contributed by atoms with E-state index < -0.39 is 0 Å². The van der Waals surface area contributed by atoms with Crippen molar-refractivity contribution >= 4 is 5.91 Å². The summed E-state index contributed by atoms with van der Waals surface area (Å²) in [7, 11) is 0. The molecular formula is C17H33N3O. The minimum absolute atomic E-state index is 0.0594. The third-order valence-corrected chi connectivity index (χ3v) is 5.44. The Labute approximate surface area is 130 Å². The van der Waals surface area contributed by atoms with Crippen LogP contribution in [0.4, 0.5) is 0 Å². The normalized spacial score (nSPS) is 22.1. The lowest BCUT2D eigenvalue weighted by Crippen LogP contribution is -2.56. The van der Waals surface area contributed by atoms with Gasteiger partial charge in [0.25, 0.3) is 0 Å². The van der Waals surface area contributed by atoms with Crippen LogP contribution in [-0.2, 0) is 4.79 Å². The minimum atomic E-state index is 0.0594. The maximum atomic E-state index is 12.7. The second kappa shape index (κ2) is 7.59. The Morgan fingerprint density at radius 2 is 1.71 bits per heavy atom. The number of nitrogens with two attached hydrogens (primary N) is 1. The van der Waals surface area contributed by atoms with E-state index >= 15 is 0 Å². The summed E-state index contributed by atoms with van der Waals surface area (Å²) < 4.78 is 0. The lowest BCUT2D eigenvalue weighted by atomic mass is 9.88. The zero-order valence-corrected chi connectivity index (χ0v) is 13.9. The molecule has 2 N–H and O–H groups in total. The topological polar surface area (TPSA) is 49.6 Å². The van der Waals surface area contributed by atoms with E-state index in [4.69, 9.17) is 5.73 Å². The van der Waals surface area contributed by atoms with Crippen molar-refractivity contribution in [3.8, 4) is 0 Å². The van der Waals surface area contributed by atoms with Crippen molar-refractivity contribution in [3.63, 3.8) is 0 Å². The molecular weight excluding hydrogens is 262 g/mol. The van der Waals surface area contributed by atoms with Gasteiger partial charge in [-0.15, -0.1) is 0 Å². The summed E-state index contributed by atoms with van der Waals surface area (Å²) in [5, 5.41) is 0. The molecule has 0 spiro atoms. The summed E-state index contributed by atoms with van der Waals surface area (Å²) in [6, 6.07) is 0.518. The van der Waals surface area contributed by atoms with Gasteiger partial charge in [0.05, 0.1) is 6.54 Å². The van der Waals surface area contributed by atoms with Crippen molar-refractivity contribution in [1.29, 1.82) is 0 Å². The Kier molecular flexibility index (Phi) is 6.06. The predicted octanol–water partition coefficient (Wildman–Crippen LogP) is 2.37. The van der Waals surface area contributed by atoms with Crippen molar-refractivity contribution in [2.45, 2.75) is 76.8 Å². The van der Waals surface area contributed by atoms with Crippen molar-refractivity contribution in [1.82, 2.24) is 9.80 Å². The Hall–Kier alpha value is -0.610. The maximum Gasteiger partial charge on any atom is 0.237 e. The van der Waals surface area contributed by atoms with Crippen molar-refractivity contribution in [2.75, 3.05) is 26.2 Å². The Bertz CT molecular complexity index is 333. The van der Waals surface area contributed by atoms with Gasteiger partial charge in [0.2, 0.25) is 5.91 Å². The van der Waals surface area contributed by atoms with Gasteiger partial charge in [-0.2, -0.15) is 0 Å². The molecule has 122 valence electrons. The van der Waals surface area contributed by atoms with Crippen LogP contribution < -0.4 is 5.73 Å². The molecule has 2 rings (SSSR count). The first kappa shape index (κ1) is 16.8. The molecule has 0 atom stereocenters. The standard InChI is InChI=1S/C17H33N3O/c1-3-19(13-16(21)20(4-2)15-9-10-15)17(14-18)11-7-5-6-8-12-17/h15H,3-14,18H2,1-2H3. The lowest BCUT2D eigenvalue weighted by molar-refractivity contribution is -0.134. The van der Waals surface area contributed by atoms with Crippen LogP contribution in [0, 0.1) is 0 Å². The van der Waals surface area contributed by atoms with E-state index in [2.05, 4.69) is 23.6 Å². The fourth-order valence-electron chi connectivity index (χ4n) is 3.93. The minimum Gasteiger partial charge on any atom is -0.339 e. The van der Waals surface area contributed by atoms with Crippen LogP contribution in [0.5, 0.6) is 0 Å². The summed E-state index contributed by atoms with van der Waals surface area (Å²) in [5.41, 5.74) is 6.23. The molecule has 0 aromatic heterocycles. The molecule has 21 heavy (non-hydrogen) atoms. The van der Waals surface area contributed by atoms with Crippen LogP contribution in [0.15, 0.2) is 0 Å². The number of nitrogens with zero attached hydrogens (tertiary/aromatic N) is 2. The Balaban J connectivity index is 2.03.